The number of halogens is 2. The summed E-state index contributed by atoms with van der Waals surface area (Å²) >= 11 is 3.27. The Morgan fingerprint density at radius 3 is 2.53 bits per heavy atom. The Balaban J connectivity index is 3.29. The Morgan fingerprint density at radius 1 is 1.47 bits per heavy atom. The normalized spacial score (nSPS) is 13.6. The molecule has 0 aliphatic heterocycles. The fourth-order valence-corrected chi connectivity index (χ4v) is 2.33. The van der Waals surface area contributed by atoms with Gasteiger partial charge in [-0.25, -0.2) is 8.42 Å². The number of hydrogen-bond acceptors (Lipinski definition) is 3. The van der Waals surface area contributed by atoms with Gasteiger partial charge in [0.25, 0.3) is 0 Å². The molecule has 1 aromatic carbocycles. The summed E-state index contributed by atoms with van der Waals surface area (Å²) in [5, 5.41) is -0.799. The fourth-order valence-electron chi connectivity index (χ4n) is 1.17. The van der Waals surface area contributed by atoms with E-state index >= 15 is 0 Å². The van der Waals surface area contributed by atoms with Gasteiger partial charge in [0.1, 0.15) is 11.0 Å². The lowest BCUT2D eigenvalue weighted by molar-refractivity contribution is 0.409. The monoisotopic (exact) mass is 312 g/mol. The Labute approximate surface area is 102 Å². The highest BCUT2D eigenvalue weighted by molar-refractivity contribution is 9.10. The Bertz CT molecular complexity index is 458. The van der Waals surface area contributed by atoms with Gasteiger partial charge in [-0.15, -0.1) is 0 Å². The SMILES string of the molecule is COc1ccc(Br)cc1C(C)S(=O)(=O)Cl. The van der Waals surface area contributed by atoms with Crippen LogP contribution in [0, 0.1) is 0 Å². The van der Waals surface area contributed by atoms with Crippen LogP contribution in [0.1, 0.15) is 17.7 Å². The van der Waals surface area contributed by atoms with E-state index in [0.717, 1.165) is 4.47 Å². The lowest BCUT2D eigenvalue weighted by Crippen LogP contribution is -2.05. The van der Waals surface area contributed by atoms with Gasteiger partial charge in [0, 0.05) is 20.7 Å². The van der Waals surface area contributed by atoms with E-state index in [0.29, 0.717) is 11.3 Å². The largest absolute Gasteiger partial charge is 0.496 e. The van der Waals surface area contributed by atoms with Gasteiger partial charge < -0.3 is 4.74 Å². The van der Waals surface area contributed by atoms with Crippen LogP contribution in [0.2, 0.25) is 0 Å². The predicted molar refractivity (Wildman–Crippen MR) is 63.9 cm³/mol. The van der Waals surface area contributed by atoms with Gasteiger partial charge in [-0.3, -0.25) is 0 Å². The first-order chi connectivity index (χ1) is 6.86. The van der Waals surface area contributed by atoms with Gasteiger partial charge in [0.2, 0.25) is 9.05 Å². The van der Waals surface area contributed by atoms with Gasteiger partial charge in [0.15, 0.2) is 0 Å². The number of benzene rings is 1. The number of rotatable bonds is 3. The Hall–Kier alpha value is -0.260. The lowest BCUT2D eigenvalue weighted by Gasteiger charge is -2.13. The van der Waals surface area contributed by atoms with E-state index in [2.05, 4.69) is 15.9 Å². The standard InChI is InChI=1S/C9H10BrClO3S/c1-6(15(11,12)13)8-5-7(10)3-4-9(8)14-2/h3-6H,1-2H3. The van der Waals surface area contributed by atoms with Crippen LogP contribution < -0.4 is 4.74 Å². The predicted octanol–water partition coefficient (Wildman–Crippen LogP) is 3.09. The molecule has 0 spiro atoms. The van der Waals surface area contributed by atoms with Crippen LogP contribution in [0.5, 0.6) is 5.75 Å². The average molecular weight is 314 g/mol. The maximum Gasteiger partial charge on any atom is 0.239 e. The highest BCUT2D eigenvalue weighted by atomic mass is 79.9. The lowest BCUT2D eigenvalue weighted by atomic mass is 10.1. The van der Waals surface area contributed by atoms with E-state index in [9.17, 15) is 8.42 Å². The van der Waals surface area contributed by atoms with E-state index in [1.165, 1.54) is 14.0 Å². The van der Waals surface area contributed by atoms with Crippen molar-refractivity contribution in [2.45, 2.75) is 12.2 Å². The van der Waals surface area contributed by atoms with E-state index in [1.54, 1.807) is 18.2 Å². The maximum absolute atomic E-state index is 11.2. The Morgan fingerprint density at radius 2 is 2.07 bits per heavy atom. The number of methoxy groups -OCH3 is 1. The third-order valence-electron chi connectivity index (χ3n) is 2.05. The topological polar surface area (TPSA) is 43.4 Å². The third-order valence-corrected chi connectivity index (χ3v) is 4.45. The molecule has 0 heterocycles. The third kappa shape index (κ3) is 3.09. The van der Waals surface area contributed by atoms with Crippen LogP contribution in [0.3, 0.4) is 0 Å². The summed E-state index contributed by atoms with van der Waals surface area (Å²) in [5.74, 6) is 0.509. The highest BCUT2D eigenvalue weighted by Crippen LogP contribution is 2.34. The second kappa shape index (κ2) is 4.72. The zero-order valence-electron chi connectivity index (χ0n) is 8.20. The fraction of sp³-hybridized carbons (Fsp3) is 0.333. The molecule has 0 aromatic heterocycles. The zero-order chi connectivity index (χ0) is 11.6. The maximum atomic E-state index is 11.2. The molecular formula is C9H10BrClO3S. The smallest absolute Gasteiger partial charge is 0.239 e. The molecule has 1 atom stereocenters. The summed E-state index contributed by atoms with van der Waals surface area (Å²) in [4.78, 5) is 0. The molecule has 6 heteroatoms. The molecule has 0 bridgehead atoms. The number of hydrogen-bond donors (Lipinski definition) is 0. The molecule has 3 nitrogen and oxygen atoms in total. The van der Waals surface area contributed by atoms with Crippen LogP contribution in [0.15, 0.2) is 22.7 Å². The van der Waals surface area contributed by atoms with Gasteiger partial charge in [0.05, 0.1) is 7.11 Å². The highest BCUT2D eigenvalue weighted by Gasteiger charge is 2.23. The molecule has 1 aromatic rings. The van der Waals surface area contributed by atoms with Gasteiger partial charge in [-0.05, 0) is 25.1 Å². The molecule has 1 rings (SSSR count). The van der Waals surface area contributed by atoms with Crippen molar-refractivity contribution in [3.63, 3.8) is 0 Å². The van der Waals surface area contributed by atoms with E-state index < -0.39 is 14.3 Å². The first kappa shape index (κ1) is 12.8. The molecule has 0 saturated heterocycles. The molecule has 0 saturated carbocycles. The van der Waals surface area contributed by atoms with Crippen LogP contribution in [0.4, 0.5) is 0 Å². The summed E-state index contributed by atoms with van der Waals surface area (Å²) in [6.45, 7) is 1.52. The average Bonchev–Trinajstić information content (AvgIpc) is 2.15. The molecule has 0 N–H and O–H groups in total. The minimum Gasteiger partial charge on any atom is -0.496 e. The molecule has 0 fully saturated rings. The van der Waals surface area contributed by atoms with E-state index in [1.807, 2.05) is 0 Å². The van der Waals surface area contributed by atoms with E-state index in [4.69, 9.17) is 15.4 Å². The summed E-state index contributed by atoms with van der Waals surface area (Å²) in [6.07, 6.45) is 0. The van der Waals surface area contributed by atoms with Crippen LogP contribution in [0.25, 0.3) is 0 Å². The van der Waals surface area contributed by atoms with Gasteiger partial charge >= 0.3 is 0 Å². The van der Waals surface area contributed by atoms with Crippen LogP contribution >= 0.6 is 26.6 Å². The van der Waals surface area contributed by atoms with Crippen molar-refractivity contribution in [3.05, 3.63) is 28.2 Å². The van der Waals surface area contributed by atoms with Crippen molar-refractivity contribution in [2.75, 3.05) is 7.11 Å². The first-order valence-electron chi connectivity index (χ1n) is 4.13. The van der Waals surface area contributed by atoms with Crippen molar-refractivity contribution in [1.82, 2.24) is 0 Å². The molecule has 1 unspecified atom stereocenters. The summed E-state index contributed by atoms with van der Waals surface area (Å²) in [6, 6.07) is 5.15. The van der Waals surface area contributed by atoms with Crippen molar-refractivity contribution in [3.8, 4) is 5.75 Å². The Kier molecular flexibility index (Phi) is 4.03. The van der Waals surface area contributed by atoms with E-state index in [-0.39, 0.29) is 0 Å². The second-order valence-electron chi connectivity index (χ2n) is 3.00. The summed E-state index contributed by atoms with van der Waals surface area (Å²) < 4.78 is 28.3. The zero-order valence-corrected chi connectivity index (χ0v) is 11.4. The van der Waals surface area contributed by atoms with Crippen molar-refractivity contribution in [2.24, 2.45) is 0 Å². The van der Waals surface area contributed by atoms with Gasteiger partial charge in [-0.2, -0.15) is 0 Å². The minimum atomic E-state index is -3.63. The summed E-state index contributed by atoms with van der Waals surface area (Å²) in [5.41, 5.74) is 0.543. The van der Waals surface area contributed by atoms with Gasteiger partial charge in [-0.1, -0.05) is 15.9 Å². The number of ether oxygens (including phenoxy) is 1. The minimum absolute atomic E-state index is 0.509. The second-order valence-corrected chi connectivity index (χ2v) is 6.87. The molecule has 0 radical (unpaired) electrons. The quantitative estimate of drug-likeness (QED) is 0.805. The molecule has 84 valence electrons. The van der Waals surface area contributed by atoms with Crippen LogP contribution in [-0.4, -0.2) is 15.5 Å². The molecule has 0 amide bonds. The molecule has 0 aliphatic rings. The van der Waals surface area contributed by atoms with Crippen molar-refractivity contribution >= 4 is 35.7 Å². The van der Waals surface area contributed by atoms with Crippen molar-refractivity contribution < 1.29 is 13.2 Å². The molecular weight excluding hydrogens is 304 g/mol. The van der Waals surface area contributed by atoms with Crippen LogP contribution in [-0.2, 0) is 9.05 Å². The molecule has 15 heavy (non-hydrogen) atoms. The summed E-state index contributed by atoms with van der Waals surface area (Å²) in [7, 11) is 3.15. The van der Waals surface area contributed by atoms with Crippen molar-refractivity contribution in [1.29, 1.82) is 0 Å². The first-order valence-corrected chi connectivity index (χ1v) is 7.29. The molecule has 0 aliphatic carbocycles.